The molecule has 3 N–H and O–H groups in total. The lowest BCUT2D eigenvalue weighted by Crippen LogP contribution is -2.47. The summed E-state index contributed by atoms with van der Waals surface area (Å²) in [5.41, 5.74) is -0.501. The molecule has 1 aliphatic heterocycles. The van der Waals surface area contributed by atoms with Crippen LogP contribution in [0.3, 0.4) is 0 Å². The molecule has 7 nitrogen and oxygen atoms in total. The van der Waals surface area contributed by atoms with Crippen molar-refractivity contribution >= 4 is 22.8 Å². The average Bonchev–Trinajstić information content (AvgIpc) is 3.06. The number of benzene rings is 1. The van der Waals surface area contributed by atoms with Crippen molar-refractivity contribution in [1.29, 1.82) is 0 Å². The maximum atomic E-state index is 13.3. The quantitative estimate of drug-likeness (QED) is 0.631. The summed E-state index contributed by atoms with van der Waals surface area (Å²) in [5.74, 6) is -1.10. The molecule has 4 rings (SSSR count). The van der Waals surface area contributed by atoms with E-state index in [0.29, 0.717) is 16.5 Å². The second-order valence-electron chi connectivity index (χ2n) is 5.84. The fourth-order valence-corrected chi connectivity index (χ4v) is 3.08. The predicted molar refractivity (Wildman–Crippen MR) is 86.2 cm³/mol. The maximum absolute atomic E-state index is 13.3. The van der Waals surface area contributed by atoms with E-state index in [0.717, 1.165) is 0 Å². The van der Waals surface area contributed by atoms with Gasteiger partial charge in [0.2, 0.25) is 5.88 Å². The molecule has 2 aromatic heterocycles. The van der Waals surface area contributed by atoms with Crippen molar-refractivity contribution in [3.05, 3.63) is 60.2 Å². The highest BCUT2D eigenvalue weighted by Gasteiger charge is 2.48. The number of aromatic hydroxyl groups is 1. The maximum Gasteiger partial charge on any atom is 0.322 e. The second kappa shape index (κ2) is 5.30. The van der Waals surface area contributed by atoms with Crippen molar-refractivity contribution in [3.8, 4) is 5.88 Å². The summed E-state index contributed by atoms with van der Waals surface area (Å²) in [6, 6.07) is 8.02. The molecule has 1 saturated heterocycles. The van der Waals surface area contributed by atoms with Gasteiger partial charge in [-0.05, 0) is 29.8 Å². The van der Waals surface area contributed by atoms with Crippen LogP contribution >= 0.6 is 0 Å². The molecule has 3 aromatic rings. The number of carbonyl (C=O) groups is 2. The van der Waals surface area contributed by atoms with E-state index >= 15 is 0 Å². The second-order valence-corrected chi connectivity index (χ2v) is 5.84. The van der Waals surface area contributed by atoms with Crippen molar-refractivity contribution in [2.24, 2.45) is 0 Å². The first-order valence-electron chi connectivity index (χ1n) is 7.52. The molecular formula is C17H13FN4O3. The van der Waals surface area contributed by atoms with Crippen LogP contribution in [0.2, 0.25) is 0 Å². The molecule has 0 spiro atoms. The number of rotatable bonds is 3. The third kappa shape index (κ3) is 2.30. The van der Waals surface area contributed by atoms with E-state index in [4.69, 9.17) is 0 Å². The van der Waals surface area contributed by atoms with Gasteiger partial charge in [0.25, 0.3) is 5.91 Å². The Kier molecular flexibility index (Phi) is 3.21. The lowest BCUT2D eigenvalue weighted by atomic mass is 9.89. The zero-order valence-electron chi connectivity index (χ0n) is 12.9. The number of urea groups is 1. The van der Waals surface area contributed by atoms with E-state index in [-0.39, 0.29) is 12.4 Å². The largest absolute Gasteiger partial charge is 0.494 e. The Bertz CT molecular complexity index is 999. The van der Waals surface area contributed by atoms with Gasteiger partial charge in [-0.1, -0.05) is 12.1 Å². The standard InChI is InChI=1S/C17H13FN4O3/c18-11-5-3-10(4-6-11)17(15(24)20-16(25)21-17)9-22-8-13-12(14(22)23)2-1-7-19-13/h1-8,23H,9H2,(H2,20,21,24,25). The van der Waals surface area contributed by atoms with Gasteiger partial charge in [0.05, 0.1) is 17.4 Å². The minimum Gasteiger partial charge on any atom is -0.494 e. The normalized spacial score (nSPS) is 19.9. The number of aromatic nitrogens is 2. The van der Waals surface area contributed by atoms with Gasteiger partial charge in [0.1, 0.15) is 5.82 Å². The van der Waals surface area contributed by atoms with Crippen LogP contribution < -0.4 is 10.6 Å². The molecule has 0 aliphatic carbocycles. The highest BCUT2D eigenvalue weighted by atomic mass is 19.1. The Morgan fingerprint density at radius 3 is 2.60 bits per heavy atom. The van der Waals surface area contributed by atoms with Crippen LogP contribution in [0.4, 0.5) is 9.18 Å². The minimum atomic E-state index is -1.46. The van der Waals surface area contributed by atoms with Gasteiger partial charge in [-0.3, -0.25) is 15.1 Å². The number of imide groups is 1. The minimum absolute atomic E-state index is 0.0708. The molecule has 0 radical (unpaired) electrons. The van der Waals surface area contributed by atoms with Crippen molar-refractivity contribution < 1.29 is 19.1 Å². The van der Waals surface area contributed by atoms with E-state index in [1.165, 1.54) is 28.8 Å². The number of amides is 3. The number of hydrogen-bond acceptors (Lipinski definition) is 4. The van der Waals surface area contributed by atoms with E-state index in [9.17, 15) is 19.1 Å². The van der Waals surface area contributed by atoms with Crippen LogP contribution in [0.25, 0.3) is 10.9 Å². The van der Waals surface area contributed by atoms with Crippen molar-refractivity contribution in [2.45, 2.75) is 12.1 Å². The summed E-state index contributed by atoms with van der Waals surface area (Å²) >= 11 is 0. The van der Waals surface area contributed by atoms with Gasteiger partial charge in [-0.15, -0.1) is 0 Å². The fraction of sp³-hybridized carbons (Fsp3) is 0.118. The highest BCUT2D eigenvalue weighted by Crippen LogP contribution is 2.32. The lowest BCUT2D eigenvalue weighted by Gasteiger charge is -2.27. The number of fused-ring (bicyclic) bond motifs is 1. The number of pyridine rings is 1. The van der Waals surface area contributed by atoms with Gasteiger partial charge >= 0.3 is 6.03 Å². The van der Waals surface area contributed by atoms with Crippen LogP contribution in [-0.4, -0.2) is 26.6 Å². The summed E-state index contributed by atoms with van der Waals surface area (Å²) in [6.07, 6.45) is 3.18. The monoisotopic (exact) mass is 340 g/mol. The van der Waals surface area contributed by atoms with Crippen molar-refractivity contribution in [2.75, 3.05) is 0 Å². The van der Waals surface area contributed by atoms with Gasteiger partial charge in [0, 0.05) is 12.4 Å². The molecule has 1 aliphatic rings. The van der Waals surface area contributed by atoms with Crippen LogP contribution in [0.15, 0.2) is 48.8 Å². The van der Waals surface area contributed by atoms with Gasteiger partial charge in [0.15, 0.2) is 5.54 Å². The topological polar surface area (TPSA) is 96.2 Å². The molecule has 1 unspecified atom stereocenters. The molecule has 25 heavy (non-hydrogen) atoms. The number of halogens is 1. The third-order valence-corrected chi connectivity index (χ3v) is 4.32. The van der Waals surface area contributed by atoms with Crippen molar-refractivity contribution in [1.82, 2.24) is 20.2 Å². The Morgan fingerprint density at radius 1 is 1.20 bits per heavy atom. The SMILES string of the molecule is O=C1NC(=O)C(Cn2cc3ncccc3c2O)(c2ccc(F)cc2)N1. The smallest absolute Gasteiger partial charge is 0.322 e. The van der Waals surface area contributed by atoms with Crippen LogP contribution in [0.5, 0.6) is 5.88 Å². The molecule has 3 heterocycles. The third-order valence-electron chi connectivity index (χ3n) is 4.32. The molecule has 1 aromatic carbocycles. The summed E-state index contributed by atoms with van der Waals surface area (Å²) in [7, 11) is 0. The first kappa shape index (κ1) is 15.1. The molecule has 0 bridgehead atoms. The molecule has 8 heteroatoms. The molecule has 126 valence electrons. The molecule has 0 saturated carbocycles. The van der Waals surface area contributed by atoms with Crippen LogP contribution in [0.1, 0.15) is 5.56 Å². The number of nitrogens with zero attached hydrogens (tertiary/aromatic N) is 2. The Hall–Kier alpha value is -3.42. The van der Waals surface area contributed by atoms with Crippen LogP contribution in [-0.2, 0) is 16.9 Å². The highest BCUT2D eigenvalue weighted by molar-refractivity contribution is 6.07. The number of hydrogen-bond donors (Lipinski definition) is 3. The van der Waals surface area contributed by atoms with Crippen molar-refractivity contribution in [3.63, 3.8) is 0 Å². The first-order valence-corrected chi connectivity index (χ1v) is 7.52. The molecule has 1 fully saturated rings. The lowest BCUT2D eigenvalue weighted by molar-refractivity contribution is -0.124. The summed E-state index contributed by atoms with van der Waals surface area (Å²) in [4.78, 5) is 28.4. The van der Waals surface area contributed by atoms with E-state index in [1.807, 2.05) is 0 Å². The summed E-state index contributed by atoms with van der Waals surface area (Å²) in [5, 5.41) is 15.8. The van der Waals surface area contributed by atoms with Gasteiger partial charge in [-0.2, -0.15) is 0 Å². The summed E-state index contributed by atoms with van der Waals surface area (Å²) < 4.78 is 14.7. The Balaban J connectivity index is 1.84. The molecule has 3 amide bonds. The van der Waals surface area contributed by atoms with Gasteiger partial charge in [-0.25, -0.2) is 9.18 Å². The van der Waals surface area contributed by atoms with Crippen LogP contribution in [0, 0.1) is 5.82 Å². The first-order chi connectivity index (χ1) is 12.0. The fourth-order valence-electron chi connectivity index (χ4n) is 3.08. The zero-order chi connectivity index (χ0) is 17.6. The average molecular weight is 340 g/mol. The zero-order valence-corrected chi connectivity index (χ0v) is 12.9. The molecule has 1 atom stereocenters. The van der Waals surface area contributed by atoms with Gasteiger partial charge < -0.3 is 15.0 Å². The Morgan fingerprint density at radius 2 is 1.96 bits per heavy atom. The Labute approximate surface area is 141 Å². The van der Waals surface area contributed by atoms with E-state index in [1.54, 1.807) is 24.5 Å². The number of nitrogens with one attached hydrogen (secondary N) is 2. The summed E-state index contributed by atoms with van der Waals surface area (Å²) in [6.45, 7) is -0.0710. The molecular weight excluding hydrogens is 327 g/mol. The predicted octanol–water partition coefficient (Wildman–Crippen LogP) is 1.62. The van der Waals surface area contributed by atoms with E-state index in [2.05, 4.69) is 15.6 Å². The number of carbonyl (C=O) groups excluding carboxylic acids is 2. The van der Waals surface area contributed by atoms with E-state index < -0.39 is 23.3 Å².